The van der Waals surface area contributed by atoms with Crippen molar-refractivity contribution in [2.45, 2.75) is 26.4 Å². The highest BCUT2D eigenvalue weighted by molar-refractivity contribution is 6.05. The maximum Gasteiger partial charge on any atom is 0.203 e. The molecular weight excluding hydrogens is 238 g/mol. The predicted octanol–water partition coefficient (Wildman–Crippen LogP) is 2.73. The Kier molecular flexibility index (Phi) is 4.05. The fourth-order valence-corrected chi connectivity index (χ4v) is 2.32. The van der Waals surface area contributed by atoms with E-state index in [9.17, 15) is 4.79 Å². The Morgan fingerprint density at radius 3 is 2.37 bits per heavy atom. The summed E-state index contributed by atoms with van der Waals surface area (Å²) in [5.74, 6) is 0.735. The van der Waals surface area contributed by atoms with Crippen LogP contribution in [0.5, 0.6) is 0 Å². The molecule has 0 spiro atoms. The van der Waals surface area contributed by atoms with Crippen molar-refractivity contribution >= 4 is 11.5 Å². The van der Waals surface area contributed by atoms with Crippen LogP contribution in [0.4, 0.5) is 0 Å². The van der Waals surface area contributed by atoms with E-state index in [1.54, 1.807) is 6.08 Å². The molecule has 0 radical (unpaired) electrons. The topological polar surface area (TPSA) is 29.5 Å². The second-order valence-electron chi connectivity index (χ2n) is 5.03. The first-order valence-corrected chi connectivity index (χ1v) is 6.82. The SMILES string of the molecule is CCN(CC)CC1(C)OC(c2ccccc2)=CC1=O. The molecule has 19 heavy (non-hydrogen) atoms. The smallest absolute Gasteiger partial charge is 0.203 e. The third-order valence-corrected chi connectivity index (χ3v) is 3.60. The van der Waals surface area contributed by atoms with E-state index >= 15 is 0 Å². The molecule has 0 saturated carbocycles. The number of hydrogen-bond donors (Lipinski definition) is 0. The zero-order chi connectivity index (χ0) is 13.9. The van der Waals surface area contributed by atoms with E-state index in [0.29, 0.717) is 12.3 Å². The van der Waals surface area contributed by atoms with Gasteiger partial charge in [-0.15, -0.1) is 0 Å². The van der Waals surface area contributed by atoms with Crippen molar-refractivity contribution in [3.05, 3.63) is 42.0 Å². The number of nitrogens with zero attached hydrogens (tertiary/aromatic N) is 1. The number of rotatable bonds is 5. The number of hydrogen-bond acceptors (Lipinski definition) is 3. The molecule has 0 bridgehead atoms. The molecule has 1 aromatic carbocycles. The van der Waals surface area contributed by atoms with E-state index in [1.807, 2.05) is 37.3 Å². The Balaban J connectivity index is 2.15. The quantitative estimate of drug-likeness (QED) is 0.814. The summed E-state index contributed by atoms with van der Waals surface area (Å²) >= 11 is 0. The molecule has 3 nitrogen and oxygen atoms in total. The van der Waals surface area contributed by atoms with Gasteiger partial charge in [0.15, 0.2) is 5.60 Å². The van der Waals surface area contributed by atoms with Gasteiger partial charge in [-0.3, -0.25) is 9.69 Å². The summed E-state index contributed by atoms with van der Waals surface area (Å²) in [7, 11) is 0. The first-order valence-electron chi connectivity index (χ1n) is 6.82. The molecule has 0 aromatic heterocycles. The van der Waals surface area contributed by atoms with Gasteiger partial charge in [0.1, 0.15) is 5.76 Å². The van der Waals surface area contributed by atoms with Gasteiger partial charge in [-0.2, -0.15) is 0 Å². The van der Waals surface area contributed by atoms with Crippen molar-refractivity contribution in [3.63, 3.8) is 0 Å². The van der Waals surface area contributed by atoms with Gasteiger partial charge in [0, 0.05) is 18.2 Å². The highest BCUT2D eigenvalue weighted by Crippen LogP contribution is 2.31. The maximum atomic E-state index is 12.2. The normalized spacial score (nSPS) is 22.5. The van der Waals surface area contributed by atoms with Crippen LogP contribution < -0.4 is 0 Å². The summed E-state index contributed by atoms with van der Waals surface area (Å²) < 4.78 is 5.95. The van der Waals surface area contributed by atoms with Crippen molar-refractivity contribution < 1.29 is 9.53 Å². The Morgan fingerprint density at radius 2 is 1.79 bits per heavy atom. The standard InChI is InChI=1S/C16H21NO2/c1-4-17(5-2)12-16(3)15(18)11-14(19-16)13-9-7-6-8-10-13/h6-11H,4-5,12H2,1-3H3. The molecule has 1 aliphatic rings. The second kappa shape index (κ2) is 5.57. The molecule has 0 aliphatic carbocycles. The maximum absolute atomic E-state index is 12.2. The lowest BCUT2D eigenvalue weighted by atomic mass is 10.0. The molecule has 0 amide bonds. The molecule has 1 heterocycles. The third-order valence-electron chi connectivity index (χ3n) is 3.60. The van der Waals surface area contributed by atoms with Gasteiger partial charge < -0.3 is 4.74 Å². The summed E-state index contributed by atoms with van der Waals surface area (Å²) in [5, 5.41) is 0. The van der Waals surface area contributed by atoms with Gasteiger partial charge in [-0.05, 0) is 20.0 Å². The lowest BCUT2D eigenvalue weighted by molar-refractivity contribution is -0.128. The van der Waals surface area contributed by atoms with Crippen molar-refractivity contribution in [2.24, 2.45) is 0 Å². The van der Waals surface area contributed by atoms with Crippen LogP contribution in [0.15, 0.2) is 36.4 Å². The highest BCUT2D eigenvalue weighted by Gasteiger charge is 2.41. The summed E-state index contributed by atoms with van der Waals surface area (Å²) in [4.78, 5) is 14.4. The van der Waals surface area contributed by atoms with Crippen LogP contribution in [0.25, 0.3) is 5.76 Å². The number of likely N-dealkylation sites (N-methyl/N-ethyl adjacent to an activating group) is 1. The van der Waals surface area contributed by atoms with E-state index in [1.165, 1.54) is 0 Å². The molecule has 1 atom stereocenters. The van der Waals surface area contributed by atoms with Gasteiger partial charge in [-0.25, -0.2) is 0 Å². The molecule has 3 heteroatoms. The highest BCUT2D eigenvalue weighted by atomic mass is 16.5. The molecule has 0 fully saturated rings. The monoisotopic (exact) mass is 259 g/mol. The molecule has 1 aliphatic heterocycles. The van der Waals surface area contributed by atoms with Crippen LogP contribution in [-0.2, 0) is 9.53 Å². The molecule has 1 unspecified atom stereocenters. The fraction of sp³-hybridized carbons (Fsp3) is 0.438. The molecule has 0 N–H and O–H groups in total. The van der Waals surface area contributed by atoms with Crippen LogP contribution >= 0.6 is 0 Å². The summed E-state index contributed by atoms with van der Waals surface area (Å²) in [5.41, 5.74) is 0.205. The average Bonchev–Trinajstić information content (AvgIpc) is 2.73. The first kappa shape index (κ1) is 13.8. The van der Waals surface area contributed by atoms with Gasteiger partial charge in [0.05, 0.1) is 0 Å². The number of ketones is 1. The number of ether oxygens (including phenoxy) is 1. The van der Waals surface area contributed by atoms with Crippen LogP contribution in [0.3, 0.4) is 0 Å². The van der Waals surface area contributed by atoms with Gasteiger partial charge in [-0.1, -0.05) is 44.2 Å². The van der Waals surface area contributed by atoms with Crippen molar-refractivity contribution in [3.8, 4) is 0 Å². The van der Waals surface area contributed by atoms with Gasteiger partial charge >= 0.3 is 0 Å². The van der Waals surface area contributed by atoms with E-state index in [0.717, 1.165) is 18.7 Å². The van der Waals surface area contributed by atoms with E-state index in [2.05, 4.69) is 18.7 Å². The van der Waals surface area contributed by atoms with Crippen molar-refractivity contribution in [2.75, 3.05) is 19.6 Å². The van der Waals surface area contributed by atoms with Crippen LogP contribution in [0.1, 0.15) is 26.3 Å². The van der Waals surface area contributed by atoms with E-state index in [4.69, 9.17) is 4.74 Å². The van der Waals surface area contributed by atoms with Gasteiger partial charge in [0.25, 0.3) is 0 Å². The molecule has 102 valence electrons. The van der Waals surface area contributed by atoms with Crippen molar-refractivity contribution in [1.82, 2.24) is 4.90 Å². The minimum Gasteiger partial charge on any atom is -0.477 e. The minimum atomic E-state index is -0.753. The Hall–Kier alpha value is -1.61. The summed E-state index contributed by atoms with van der Waals surface area (Å²) in [6.45, 7) is 8.54. The van der Waals surface area contributed by atoms with E-state index in [-0.39, 0.29) is 5.78 Å². The van der Waals surface area contributed by atoms with Crippen LogP contribution in [0.2, 0.25) is 0 Å². The predicted molar refractivity (Wildman–Crippen MR) is 76.7 cm³/mol. The zero-order valence-electron chi connectivity index (χ0n) is 11.8. The second-order valence-corrected chi connectivity index (χ2v) is 5.03. The summed E-state index contributed by atoms with van der Waals surface area (Å²) in [6.07, 6.45) is 1.62. The molecule has 2 rings (SSSR count). The zero-order valence-corrected chi connectivity index (χ0v) is 11.8. The first-order chi connectivity index (χ1) is 9.09. The molecule has 0 saturated heterocycles. The largest absolute Gasteiger partial charge is 0.477 e. The Morgan fingerprint density at radius 1 is 1.16 bits per heavy atom. The van der Waals surface area contributed by atoms with Crippen LogP contribution in [-0.4, -0.2) is 35.9 Å². The summed E-state index contributed by atoms with van der Waals surface area (Å²) in [6, 6.07) is 9.77. The number of benzene rings is 1. The lowest BCUT2D eigenvalue weighted by Gasteiger charge is -2.30. The Labute approximate surface area is 114 Å². The number of carbonyl (C=O) groups excluding carboxylic acids is 1. The average molecular weight is 259 g/mol. The molecular formula is C16H21NO2. The fourth-order valence-electron chi connectivity index (χ4n) is 2.32. The third kappa shape index (κ3) is 2.87. The molecule has 1 aromatic rings. The Bertz CT molecular complexity index is 477. The van der Waals surface area contributed by atoms with Crippen molar-refractivity contribution in [1.29, 1.82) is 0 Å². The van der Waals surface area contributed by atoms with Crippen LogP contribution in [0, 0.1) is 0 Å². The number of carbonyl (C=O) groups is 1. The van der Waals surface area contributed by atoms with E-state index < -0.39 is 5.60 Å². The van der Waals surface area contributed by atoms with Gasteiger partial charge in [0.2, 0.25) is 5.78 Å². The minimum absolute atomic E-state index is 0.0539. The lowest BCUT2D eigenvalue weighted by Crippen LogP contribution is -2.45.